The van der Waals surface area contributed by atoms with Crippen molar-refractivity contribution >= 4 is 17.3 Å². The first kappa shape index (κ1) is 25.2. The van der Waals surface area contributed by atoms with Gasteiger partial charge in [-0.3, -0.25) is 14.4 Å². The molecule has 0 spiro atoms. The van der Waals surface area contributed by atoms with Crippen molar-refractivity contribution in [3.63, 3.8) is 0 Å². The molecule has 1 aromatic rings. The lowest BCUT2D eigenvalue weighted by Crippen LogP contribution is -2.62. The van der Waals surface area contributed by atoms with Crippen molar-refractivity contribution in [2.45, 2.75) is 64.1 Å². The zero-order chi connectivity index (χ0) is 27.0. The Morgan fingerprint density at radius 1 is 1.16 bits per heavy atom. The lowest BCUT2D eigenvalue weighted by molar-refractivity contribution is -0.154. The number of phenols is 1. The summed E-state index contributed by atoms with van der Waals surface area (Å²) in [5, 5.41) is 55.6. The van der Waals surface area contributed by atoms with E-state index in [1.807, 2.05) is 0 Å². The topological polar surface area (TPSA) is 152 Å². The summed E-state index contributed by atoms with van der Waals surface area (Å²) in [7, 11) is 0. The SMILES string of the molecule is CCC1=CCC(Cc2ccc3c(c2O)C(=O)C2=C(O)[C@@]4(O)C(=O)C(C(C)=O)=C(O)C[C@H]4[C@H](O)[C@H]2[C@@H]3C)=C1. The molecular weight excluding hydrogens is 476 g/mol. The monoisotopic (exact) mass is 506 g/mol. The van der Waals surface area contributed by atoms with Crippen molar-refractivity contribution in [2.24, 2.45) is 11.8 Å². The van der Waals surface area contributed by atoms with Crippen LogP contribution in [0.15, 0.2) is 58.1 Å². The van der Waals surface area contributed by atoms with Gasteiger partial charge < -0.3 is 25.5 Å². The summed E-state index contributed by atoms with van der Waals surface area (Å²) in [6, 6.07) is 3.48. The van der Waals surface area contributed by atoms with E-state index in [1.54, 1.807) is 19.1 Å². The second kappa shape index (κ2) is 8.53. The van der Waals surface area contributed by atoms with Gasteiger partial charge in [-0.1, -0.05) is 49.3 Å². The Morgan fingerprint density at radius 3 is 2.49 bits per heavy atom. The summed E-state index contributed by atoms with van der Waals surface area (Å²) in [5.41, 5.74) is -0.502. The highest BCUT2D eigenvalue weighted by atomic mass is 16.4. The minimum atomic E-state index is -2.75. The second-order valence-electron chi connectivity index (χ2n) is 10.5. The summed E-state index contributed by atoms with van der Waals surface area (Å²) in [4.78, 5) is 39.0. The summed E-state index contributed by atoms with van der Waals surface area (Å²) in [6.07, 6.45) is 4.35. The number of rotatable bonds is 4. The molecule has 0 fully saturated rings. The van der Waals surface area contributed by atoms with Crippen LogP contribution in [0.3, 0.4) is 0 Å². The molecule has 0 saturated carbocycles. The van der Waals surface area contributed by atoms with Crippen LogP contribution in [0.2, 0.25) is 0 Å². The average molecular weight is 507 g/mol. The van der Waals surface area contributed by atoms with Crippen molar-refractivity contribution < 1.29 is 39.9 Å². The number of hydrogen-bond donors (Lipinski definition) is 5. The molecule has 0 aliphatic heterocycles. The van der Waals surface area contributed by atoms with Gasteiger partial charge >= 0.3 is 0 Å². The number of carbonyl (C=O) groups excluding carboxylic acids is 3. The molecule has 5 atom stereocenters. The number of ketones is 3. The zero-order valence-corrected chi connectivity index (χ0v) is 20.9. The van der Waals surface area contributed by atoms with E-state index in [9.17, 15) is 39.9 Å². The maximum atomic E-state index is 13.8. The maximum Gasteiger partial charge on any atom is 0.209 e. The van der Waals surface area contributed by atoms with Gasteiger partial charge in [0.15, 0.2) is 17.2 Å². The predicted molar refractivity (Wildman–Crippen MR) is 133 cm³/mol. The Labute approximate surface area is 213 Å². The van der Waals surface area contributed by atoms with Crippen LogP contribution in [0.5, 0.6) is 5.75 Å². The molecular formula is C29H30O8. The standard InChI is InChI=1S/C29H30O8/c1-4-14-5-6-15(9-14)10-16-7-8-17-12(2)20-23(26(34)22(17)24(16)32)28(36)29(37)18(25(20)33)11-19(31)21(13(3)30)27(29)35/h5,7-9,12,18,20,25,31-33,36-37H,4,6,10-11H2,1-3H3/t12-,18+,20+,25+,29+/m1/s1. The fourth-order valence-electron chi connectivity index (χ4n) is 6.55. The van der Waals surface area contributed by atoms with Gasteiger partial charge in [0.2, 0.25) is 5.78 Å². The lowest BCUT2D eigenvalue weighted by atomic mass is 9.56. The predicted octanol–water partition coefficient (Wildman–Crippen LogP) is 3.43. The molecule has 0 heterocycles. The van der Waals surface area contributed by atoms with Crippen molar-refractivity contribution in [2.75, 3.05) is 0 Å². The molecule has 0 amide bonds. The van der Waals surface area contributed by atoms with Crippen LogP contribution in [-0.4, -0.2) is 54.6 Å². The summed E-state index contributed by atoms with van der Waals surface area (Å²) >= 11 is 0. The van der Waals surface area contributed by atoms with Gasteiger partial charge in [0.05, 0.1) is 11.7 Å². The Bertz CT molecular complexity index is 1390. The number of fused-ring (bicyclic) bond motifs is 3. The van der Waals surface area contributed by atoms with E-state index < -0.39 is 70.3 Å². The van der Waals surface area contributed by atoms with Crippen molar-refractivity contribution in [3.8, 4) is 5.75 Å². The third kappa shape index (κ3) is 3.39. The first-order valence-electron chi connectivity index (χ1n) is 12.5. The third-order valence-electron chi connectivity index (χ3n) is 8.53. The first-order valence-corrected chi connectivity index (χ1v) is 12.5. The normalized spacial score (nSPS) is 31.1. The number of allylic oxidation sites excluding steroid dienone is 5. The van der Waals surface area contributed by atoms with E-state index in [0.717, 1.165) is 25.3 Å². The first-order chi connectivity index (χ1) is 17.4. The van der Waals surface area contributed by atoms with E-state index in [1.165, 1.54) is 5.57 Å². The number of hydrogen-bond acceptors (Lipinski definition) is 8. The molecule has 4 aliphatic rings. The maximum absolute atomic E-state index is 13.8. The molecule has 0 bridgehead atoms. The number of aromatic hydroxyl groups is 1. The van der Waals surface area contributed by atoms with Crippen LogP contribution in [0.1, 0.15) is 67.4 Å². The molecule has 194 valence electrons. The molecule has 8 heteroatoms. The van der Waals surface area contributed by atoms with E-state index in [2.05, 4.69) is 19.1 Å². The zero-order valence-electron chi connectivity index (χ0n) is 20.9. The molecule has 5 N–H and O–H groups in total. The highest BCUT2D eigenvalue weighted by molar-refractivity contribution is 6.25. The number of carbonyl (C=O) groups is 3. The minimum Gasteiger partial charge on any atom is -0.511 e. The van der Waals surface area contributed by atoms with Crippen molar-refractivity contribution in [1.82, 2.24) is 0 Å². The molecule has 4 aliphatic carbocycles. The highest BCUT2D eigenvalue weighted by Gasteiger charge is 2.63. The van der Waals surface area contributed by atoms with Gasteiger partial charge in [0.25, 0.3) is 0 Å². The Balaban J connectivity index is 1.63. The van der Waals surface area contributed by atoms with Gasteiger partial charge in [-0.25, -0.2) is 0 Å². The Hall–Kier alpha value is -3.49. The summed E-state index contributed by atoms with van der Waals surface area (Å²) in [6.45, 7) is 4.83. The molecule has 5 rings (SSSR count). The molecule has 8 nitrogen and oxygen atoms in total. The third-order valence-corrected chi connectivity index (χ3v) is 8.53. The molecule has 0 unspecified atom stereocenters. The lowest BCUT2D eigenvalue weighted by Gasteiger charge is -2.50. The van der Waals surface area contributed by atoms with Crippen LogP contribution < -0.4 is 0 Å². The molecule has 0 saturated heterocycles. The molecule has 37 heavy (non-hydrogen) atoms. The van der Waals surface area contributed by atoms with E-state index in [-0.39, 0.29) is 16.9 Å². The number of phenolic OH excluding ortho intramolecular Hbond substituents is 1. The number of Topliss-reactive ketones (excluding diaryl/α,β-unsaturated/α-hetero) is 3. The Kier molecular flexibility index (Phi) is 5.80. The van der Waals surface area contributed by atoms with Crippen LogP contribution in [0.25, 0.3) is 0 Å². The van der Waals surface area contributed by atoms with Gasteiger partial charge in [-0.15, -0.1) is 0 Å². The highest BCUT2D eigenvalue weighted by Crippen LogP contribution is 2.55. The quantitative estimate of drug-likeness (QED) is 0.390. The average Bonchev–Trinajstić information content (AvgIpc) is 3.30. The fraction of sp³-hybridized carbons (Fsp3) is 0.414. The molecule has 0 radical (unpaired) electrons. The van der Waals surface area contributed by atoms with Gasteiger partial charge in [0.1, 0.15) is 22.8 Å². The fourth-order valence-corrected chi connectivity index (χ4v) is 6.55. The van der Waals surface area contributed by atoms with E-state index >= 15 is 0 Å². The van der Waals surface area contributed by atoms with Crippen LogP contribution in [0, 0.1) is 11.8 Å². The smallest absolute Gasteiger partial charge is 0.209 e. The molecule has 0 aromatic heterocycles. The van der Waals surface area contributed by atoms with Crippen LogP contribution >= 0.6 is 0 Å². The van der Waals surface area contributed by atoms with Crippen LogP contribution in [-0.2, 0) is 16.0 Å². The van der Waals surface area contributed by atoms with Gasteiger partial charge in [0, 0.05) is 23.8 Å². The summed E-state index contributed by atoms with van der Waals surface area (Å²) in [5.74, 6) is -7.52. The largest absolute Gasteiger partial charge is 0.511 e. The number of benzene rings is 1. The van der Waals surface area contributed by atoms with Crippen molar-refractivity contribution in [1.29, 1.82) is 0 Å². The summed E-state index contributed by atoms with van der Waals surface area (Å²) < 4.78 is 0. The van der Waals surface area contributed by atoms with Gasteiger partial charge in [-0.05, 0) is 43.2 Å². The van der Waals surface area contributed by atoms with Crippen LogP contribution in [0.4, 0.5) is 0 Å². The Morgan fingerprint density at radius 2 is 1.86 bits per heavy atom. The van der Waals surface area contributed by atoms with Crippen molar-refractivity contribution in [3.05, 3.63) is 74.8 Å². The number of aliphatic hydroxyl groups is 4. The second-order valence-corrected chi connectivity index (χ2v) is 10.5. The van der Waals surface area contributed by atoms with E-state index in [4.69, 9.17) is 0 Å². The van der Waals surface area contributed by atoms with Gasteiger partial charge in [-0.2, -0.15) is 0 Å². The number of aliphatic hydroxyl groups excluding tert-OH is 3. The van der Waals surface area contributed by atoms with E-state index in [0.29, 0.717) is 17.5 Å². The minimum absolute atomic E-state index is 0.0345. The molecule has 1 aromatic carbocycles.